The van der Waals surface area contributed by atoms with E-state index < -0.39 is 0 Å². The second-order valence-electron chi connectivity index (χ2n) is 6.61. The average Bonchev–Trinajstić information content (AvgIpc) is 3.11. The summed E-state index contributed by atoms with van der Waals surface area (Å²) in [4.78, 5) is 4.39. The van der Waals surface area contributed by atoms with Gasteiger partial charge in [0.1, 0.15) is 0 Å². The van der Waals surface area contributed by atoms with Crippen molar-refractivity contribution >= 4 is 29.9 Å². The Morgan fingerprint density at radius 1 is 1.23 bits per heavy atom. The van der Waals surface area contributed by atoms with E-state index in [1.165, 1.54) is 44.9 Å². The summed E-state index contributed by atoms with van der Waals surface area (Å²) in [7, 11) is 1.87. The van der Waals surface area contributed by atoms with Crippen LogP contribution in [0.25, 0.3) is 0 Å². The lowest BCUT2D eigenvalue weighted by Gasteiger charge is -2.24. The molecule has 2 rings (SSSR count). The van der Waals surface area contributed by atoms with Gasteiger partial charge in [0.15, 0.2) is 5.96 Å². The molecule has 0 amide bonds. The van der Waals surface area contributed by atoms with Crippen LogP contribution in [0, 0.1) is 5.92 Å². The van der Waals surface area contributed by atoms with Crippen molar-refractivity contribution in [2.75, 3.05) is 13.6 Å². The third-order valence-corrected chi connectivity index (χ3v) is 4.87. The van der Waals surface area contributed by atoms with Crippen LogP contribution >= 0.6 is 24.0 Å². The van der Waals surface area contributed by atoms with Crippen molar-refractivity contribution in [1.82, 2.24) is 10.6 Å². The van der Waals surface area contributed by atoms with Gasteiger partial charge in [-0.2, -0.15) is 0 Å². The lowest BCUT2D eigenvalue weighted by Crippen LogP contribution is -2.48. The zero-order valence-corrected chi connectivity index (χ0v) is 16.8. The maximum atomic E-state index is 5.90. The maximum Gasteiger partial charge on any atom is 0.191 e. The van der Waals surface area contributed by atoms with Crippen molar-refractivity contribution in [2.24, 2.45) is 10.9 Å². The fourth-order valence-corrected chi connectivity index (χ4v) is 3.65. The zero-order chi connectivity index (χ0) is 15.1. The Morgan fingerprint density at radius 2 is 2.05 bits per heavy atom. The highest BCUT2D eigenvalue weighted by molar-refractivity contribution is 14.0. The molecule has 4 nitrogen and oxygen atoms in total. The lowest BCUT2D eigenvalue weighted by molar-refractivity contribution is 0.0992. The third-order valence-electron chi connectivity index (χ3n) is 4.87. The van der Waals surface area contributed by atoms with E-state index in [0.717, 1.165) is 24.8 Å². The number of nitrogens with zero attached hydrogens (tertiary/aromatic N) is 1. The van der Waals surface area contributed by atoms with Crippen LogP contribution in [0.4, 0.5) is 0 Å². The average molecular weight is 423 g/mol. The molecular formula is C17H34IN3O. The van der Waals surface area contributed by atoms with Crippen molar-refractivity contribution in [1.29, 1.82) is 0 Å². The summed E-state index contributed by atoms with van der Waals surface area (Å²) in [5.41, 5.74) is 0. The Labute approximate surface area is 153 Å². The first-order chi connectivity index (χ1) is 10.3. The van der Waals surface area contributed by atoms with Crippen LogP contribution in [0.5, 0.6) is 0 Å². The second-order valence-corrected chi connectivity index (χ2v) is 6.61. The Morgan fingerprint density at radius 3 is 2.59 bits per heavy atom. The van der Waals surface area contributed by atoms with E-state index in [4.69, 9.17) is 4.74 Å². The third kappa shape index (κ3) is 5.87. The number of aliphatic imine (C=N–C) groups is 1. The number of rotatable bonds is 8. The molecule has 2 heterocycles. The molecule has 0 saturated carbocycles. The van der Waals surface area contributed by atoms with E-state index in [1.54, 1.807) is 0 Å². The van der Waals surface area contributed by atoms with E-state index in [1.807, 2.05) is 7.05 Å². The molecule has 4 atom stereocenters. The van der Waals surface area contributed by atoms with Gasteiger partial charge in [0.05, 0.1) is 18.2 Å². The second kappa shape index (κ2) is 10.7. The van der Waals surface area contributed by atoms with Gasteiger partial charge >= 0.3 is 0 Å². The molecule has 0 aromatic rings. The summed E-state index contributed by atoms with van der Waals surface area (Å²) in [6, 6.07) is 0.454. The smallest absolute Gasteiger partial charge is 0.191 e. The Bertz CT molecular complexity index is 338. The first-order valence-electron chi connectivity index (χ1n) is 8.89. The molecule has 130 valence electrons. The van der Waals surface area contributed by atoms with Crippen LogP contribution in [-0.4, -0.2) is 37.8 Å². The van der Waals surface area contributed by atoms with Crippen molar-refractivity contribution in [3.63, 3.8) is 0 Å². The highest BCUT2D eigenvalue weighted by Crippen LogP contribution is 2.34. The first kappa shape index (κ1) is 20.0. The summed E-state index contributed by atoms with van der Waals surface area (Å²) < 4.78 is 5.90. The standard InChI is InChI=1S/C17H33N3O.HI/c1-4-6-8-13(7-5-2)12-19-17(18-3)20-15-11-14-9-10-16(15)21-14;/h13-16H,4-12H2,1-3H3,(H2,18,19,20);1H. The fraction of sp³-hybridized carbons (Fsp3) is 0.941. The first-order valence-corrected chi connectivity index (χ1v) is 8.89. The van der Waals surface area contributed by atoms with Crippen LogP contribution in [0.3, 0.4) is 0 Å². The number of ether oxygens (including phenoxy) is 1. The minimum Gasteiger partial charge on any atom is -0.373 e. The zero-order valence-electron chi connectivity index (χ0n) is 14.4. The number of hydrogen-bond acceptors (Lipinski definition) is 2. The van der Waals surface area contributed by atoms with E-state index in [0.29, 0.717) is 18.2 Å². The normalized spacial score (nSPS) is 28.3. The Balaban J connectivity index is 0.00000242. The highest BCUT2D eigenvalue weighted by Gasteiger charge is 2.41. The minimum atomic E-state index is 0. The Kier molecular flexibility index (Phi) is 9.71. The van der Waals surface area contributed by atoms with Crippen LogP contribution < -0.4 is 10.6 Å². The summed E-state index contributed by atoms with van der Waals surface area (Å²) >= 11 is 0. The van der Waals surface area contributed by atoms with E-state index >= 15 is 0 Å². The molecule has 2 fully saturated rings. The summed E-state index contributed by atoms with van der Waals surface area (Å²) in [6.07, 6.45) is 11.0. The molecule has 22 heavy (non-hydrogen) atoms. The van der Waals surface area contributed by atoms with Gasteiger partial charge in [0.2, 0.25) is 0 Å². The number of hydrogen-bond donors (Lipinski definition) is 2. The van der Waals surface area contributed by atoms with Crippen molar-refractivity contribution in [3.8, 4) is 0 Å². The fourth-order valence-electron chi connectivity index (χ4n) is 3.65. The molecule has 0 aliphatic carbocycles. The molecule has 2 aliphatic heterocycles. The van der Waals surface area contributed by atoms with Gasteiger partial charge < -0.3 is 15.4 Å². The van der Waals surface area contributed by atoms with Crippen molar-refractivity contribution in [2.45, 2.75) is 83.5 Å². The predicted octanol–water partition coefficient (Wildman–Crippen LogP) is 3.70. The molecular weight excluding hydrogens is 389 g/mol. The van der Waals surface area contributed by atoms with Crippen LogP contribution in [0.15, 0.2) is 4.99 Å². The highest BCUT2D eigenvalue weighted by atomic mass is 127. The van der Waals surface area contributed by atoms with Crippen LogP contribution in [0.2, 0.25) is 0 Å². The molecule has 2 aliphatic rings. The Hall–Kier alpha value is -0.0400. The van der Waals surface area contributed by atoms with Gasteiger partial charge in [-0.3, -0.25) is 4.99 Å². The van der Waals surface area contributed by atoms with Crippen molar-refractivity contribution in [3.05, 3.63) is 0 Å². The minimum absolute atomic E-state index is 0. The maximum absolute atomic E-state index is 5.90. The molecule has 2 bridgehead atoms. The molecule has 0 aromatic heterocycles. The lowest BCUT2D eigenvalue weighted by atomic mass is 9.95. The van der Waals surface area contributed by atoms with Gasteiger partial charge in [-0.25, -0.2) is 0 Å². The van der Waals surface area contributed by atoms with Gasteiger partial charge in [-0.1, -0.05) is 33.1 Å². The molecule has 5 heteroatoms. The quantitative estimate of drug-likeness (QED) is 0.356. The topological polar surface area (TPSA) is 45.7 Å². The van der Waals surface area contributed by atoms with Gasteiger partial charge in [-0.05, 0) is 38.0 Å². The van der Waals surface area contributed by atoms with Gasteiger partial charge in [0, 0.05) is 13.6 Å². The summed E-state index contributed by atoms with van der Waals surface area (Å²) in [5.74, 6) is 1.72. The van der Waals surface area contributed by atoms with Gasteiger partial charge in [-0.15, -0.1) is 24.0 Å². The van der Waals surface area contributed by atoms with E-state index in [9.17, 15) is 0 Å². The molecule has 0 spiro atoms. The van der Waals surface area contributed by atoms with Crippen LogP contribution in [0.1, 0.15) is 65.2 Å². The largest absolute Gasteiger partial charge is 0.373 e. The molecule has 0 aromatic carbocycles. The number of guanidine groups is 1. The predicted molar refractivity (Wildman–Crippen MR) is 104 cm³/mol. The van der Waals surface area contributed by atoms with Crippen LogP contribution in [-0.2, 0) is 4.74 Å². The monoisotopic (exact) mass is 423 g/mol. The number of fused-ring (bicyclic) bond motifs is 2. The number of halogens is 1. The molecule has 4 unspecified atom stereocenters. The SMILES string of the molecule is CCCCC(CCC)CNC(=NC)NC1CC2CCC1O2.I. The summed E-state index contributed by atoms with van der Waals surface area (Å²) in [6.45, 7) is 5.58. The molecule has 2 saturated heterocycles. The molecule has 0 radical (unpaired) electrons. The number of nitrogens with one attached hydrogen (secondary N) is 2. The van der Waals surface area contributed by atoms with Crippen molar-refractivity contribution < 1.29 is 4.74 Å². The van der Waals surface area contributed by atoms with E-state index in [-0.39, 0.29) is 24.0 Å². The van der Waals surface area contributed by atoms with Gasteiger partial charge in [0.25, 0.3) is 0 Å². The van der Waals surface area contributed by atoms with E-state index in [2.05, 4.69) is 29.5 Å². The number of unbranched alkanes of at least 4 members (excludes halogenated alkanes) is 1. The summed E-state index contributed by atoms with van der Waals surface area (Å²) in [5, 5.41) is 7.10. The molecule has 2 N–H and O–H groups in total.